The van der Waals surface area contributed by atoms with E-state index in [1.165, 1.54) is 18.4 Å². The molecular formula is C14H15N3S. The summed E-state index contributed by atoms with van der Waals surface area (Å²) in [5, 5.41) is 0.980. The van der Waals surface area contributed by atoms with Crippen LogP contribution in [0.15, 0.2) is 41.4 Å². The maximum atomic E-state index is 5.83. The van der Waals surface area contributed by atoms with E-state index in [0.717, 1.165) is 16.6 Å². The van der Waals surface area contributed by atoms with Gasteiger partial charge in [-0.1, -0.05) is 30.3 Å². The van der Waals surface area contributed by atoms with Crippen LogP contribution in [0.2, 0.25) is 0 Å². The number of nitrogens with two attached hydrogens (primary N) is 1. The molecule has 3 nitrogen and oxygen atoms in total. The van der Waals surface area contributed by atoms with E-state index in [2.05, 4.69) is 34.2 Å². The summed E-state index contributed by atoms with van der Waals surface area (Å²) in [6, 6.07) is 12.2. The summed E-state index contributed by atoms with van der Waals surface area (Å²) >= 11 is 1.72. The van der Waals surface area contributed by atoms with E-state index in [9.17, 15) is 0 Å². The third kappa shape index (κ3) is 2.82. The third-order valence-electron chi connectivity index (χ3n) is 2.91. The first-order valence-corrected chi connectivity index (χ1v) is 7.11. The van der Waals surface area contributed by atoms with Gasteiger partial charge in [0.2, 0.25) is 0 Å². The summed E-state index contributed by atoms with van der Waals surface area (Å²) in [5.41, 5.74) is 7.13. The molecule has 92 valence electrons. The number of thioether (sulfide) groups is 1. The lowest BCUT2D eigenvalue weighted by molar-refractivity contribution is 0.883. The number of benzene rings is 1. The predicted octanol–water partition coefficient (Wildman–Crippen LogP) is 3.23. The normalized spacial score (nSPS) is 14.7. The van der Waals surface area contributed by atoms with Crippen molar-refractivity contribution in [1.82, 2.24) is 9.97 Å². The number of anilines is 1. The second-order valence-electron chi connectivity index (χ2n) is 4.54. The predicted molar refractivity (Wildman–Crippen MR) is 74.4 cm³/mol. The molecule has 4 heteroatoms. The summed E-state index contributed by atoms with van der Waals surface area (Å²) < 4.78 is 0. The molecule has 0 radical (unpaired) electrons. The van der Waals surface area contributed by atoms with E-state index in [1.807, 2.05) is 12.1 Å². The zero-order chi connectivity index (χ0) is 12.4. The number of nitrogens with zero attached hydrogens (tertiary/aromatic N) is 2. The average Bonchev–Trinajstić information content (AvgIpc) is 3.21. The number of hydrogen-bond acceptors (Lipinski definition) is 4. The van der Waals surface area contributed by atoms with Crippen molar-refractivity contribution in [2.75, 3.05) is 5.73 Å². The van der Waals surface area contributed by atoms with Gasteiger partial charge in [-0.2, -0.15) is 0 Å². The van der Waals surface area contributed by atoms with Crippen LogP contribution < -0.4 is 5.73 Å². The van der Waals surface area contributed by atoms with Crippen molar-refractivity contribution in [3.8, 4) is 0 Å². The molecule has 1 aromatic heterocycles. The van der Waals surface area contributed by atoms with Crippen LogP contribution in [0.1, 0.15) is 30.1 Å². The minimum Gasteiger partial charge on any atom is -0.384 e. The van der Waals surface area contributed by atoms with Gasteiger partial charge in [-0.3, -0.25) is 0 Å². The summed E-state index contributed by atoms with van der Waals surface area (Å²) in [6.45, 7) is 0. The maximum absolute atomic E-state index is 5.83. The molecule has 1 aliphatic rings. The van der Waals surface area contributed by atoms with Gasteiger partial charge in [0, 0.05) is 17.7 Å². The van der Waals surface area contributed by atoms with Gasteiger partial charge in [0.05, 0.1) is 0 Å². The van der Waals surface area contributed by atoms with Gasteiger partial charge >= 0.3 is 0 Å². The molecule has 0 spiro atoms. The smallest absolute Gasteiger partial charge is 0.135 e. The molecule has 1 aromatic carbocycles. The van der Waals surface area contributed by atoms with Crippen molar-refractivity contribution in [2.24, 2.45) is 0 Å². The van der Waals surface area contributed by atoms with Crippen molar-refractivity contribution in [2.45, 2.75) is 29.5 Å². The third-order valence-corrected chi connectivity index (χ3v) is 3.89. The van der Waals surface area contributed by atoms with Crippen LogP contribution in [0.3, 0.4) is 0 Å². The largest absolute Gasteiger partial charge is 0.384 e. The van der Waals surface area contributed by atoms with E-state index in [-0.39, 0.29) is 0 Å². The van der Waals surface area contributed by atoms with E-state index >= 15 is 0 Å². The van der Waals surface area contributed by atoms with Gasteiger partial charge in [0.1, 0.15) is 16.7 Å². The van der Waals surface area contributed by atoms with E-state index in [4.69, 9.17) is 5.73 Å². The molecule has 1 saturated carbocycles. The van der Waals surface area contributed by atoms with Crippen LogP contribution in [0, 0.1) is 0 Å². The molecule has 0 amide bonds. The fourth-order valence-corrected chi connectivity index (χ4v) is 2.66. The van der Waals surface area contributed by atoms with Crippen molar-refractivity contribution >= 4 is 17.6 Å². The van der Waals surface area contributed by atoms with Gasteiger partial charge in [0.15, 0.2) is 0 Å². The topological polar surface area (TPSA) is 51.8 Å². The molecule has 3 rings (SSSR count). The van der Waals surface area contributed by atoms with Gasteiger partial charge in [-0.25, -0.2) is 9.97 Å². The lowest BCUT2D eigenvalue weighted by Gasteiger charge is -2.05. The van der Waals surface area contributed by atoms with Crippen LogP contribution >= 0.6 is 11.8 Å². The first kappa shape index (κ1) is 11.5. The van der Waals surface area contributed by atoms with Crippen molar-refractivity contribution < 1.29 is 0 Å². The molecule has 18 heavy (non-hydrogen) atoms. The lowest BCUT2D eigenvalue weighted by atomic mass is 10.2. The Labute approximate surface area is 111 Å². The second-order valence-corrected chi connectivity index (χ2v) is 5.53. The molecular weight excluding hydrogens is 242 g/mol. The summed E-state index contributed by atoms with van der Waals surface area (Å²) in [5.74, 6) is 2.97. The molecule has 0 atom stereocenters. The second kappa shape index (κ2) is 4.98. The zero-order valence-electron chi connectivity index (χ0n) is 10.0. The highest BCUT2D eigenvalue weighted by Gasteiger charge is 2.27. The highest BCUT2D eigenvalue weighted by atomic mass is 32.2. The SMILES string of the molecule is Nc1cc(SCc2ccccc2)nc(C2CC2)n1. The van der Waals surface area contributed by atoms with Crippen LogP contribution in [-0.4, -0.2) is 9.97 Å². The Balaban J connectivity index is 1.72. The Morgan fingerprint density at radius 1 is 1.17 bits per heavy atom. The monoisotopic (exact) mass is 257 g/mol. The molecule has 0 bridgehead atoms. The number of aromatic nitrogens is 2. The first-order chi connectivity index (χ1) is 8.81. The molecule has 2 N–H and O–H groups in total. The molecule has 2 aromatic rings. The van der Waals surface area contributed by atoms with Gasteiger partial charge in [-0.15, -0.1) is 11.8 Å². The van der Waals surface area contributed by atoms with Crippen LogP contribution in [0.4, 0.5) is 5.82 Å². The highest BCUT2D eigenvalue weighted by Crippen LogP contribution is 2.39. The summed E-state index contributed by atoms with van der Waals surface area (Å²) in [4.78, 5) is 8.89. The molecule has 1 aliphatic carbocycles. The Morgan fingerprint density at radius 2 is 1.94 bits per heavy atom. The fourth-order valence-electron chi connectivity index (χ4n) is 1.79. The average molecular weight is 257 g/mol. The van der Waals surface area contributed by atoms with E-state index in [0.29, 0.717) is 11.7 Å². The van der Waals surface area contributed by atoms with Crippen LogP contribution in [-0.2, 0) is 5.75 Å². The minimum absolute atomic E-state index is 0.546. The number of rotatable bonds is 4. The van der Waals surface area contributed by atoms with Crippen LogP contribution in [0.25, 0.3) is 0 Å². The number of hydrogen-bond donors (Lipinski definition) is 1. The zero-order valence-corrected chi connectivity index (χ0v) is 10.9. The molecule has 1 heterocycles. The fraction of sp³-hybridized carbons (Fsp3) is 0.286. The van der Waals surface area contributed by atoms with E-state index < -0.39 is 0 Å². The van der Waals surface area contributed by atoms with Crippen LogP contribution in [0.5, 0.6) is 0 Å². The highest BCUT2D eigenvalue weighted by molar-refractivity contribution is 7.98. The summed E-state index contributed by atoms with van der Waals surface area (Å²) in [7, 11) is 0. The molecule has 0 aliphatic heterocycles. The lowest BCUT2D eigenvalue weighted by Crippen LogP contribution is -1.99. The standard InChI is InChI=1S/C14H15N3S/c15-12-8-13(17-14(16-12)11-6-7-11)18-9-10-4-2-1-3-5-10/h1-5,8,11H,6-7,9H2,(H2,15,16,17). The molecule has 0 unspecified atom stereocenters. The first-order valence-electron chi connectivity index (χ1n) is 6.12. The minimum atomic E-state index is 0.546. The summed E-state index contributed by atoms with van der Waals surface area (Å²) in [6.07, 6.45) is 2.40. The Kier molecular flexibility index (Phi) is 3.19. The van der Waals surface area contributed by atoms with Gasteiger partial charge in [0.25, 0.3) is 0 Å². The van der Waals surface area contributed by atoms with Crippen molar-refractivity contribution in [3.63, 3.8) is 0 Å². The Bertz CT molecular complexity index is 538. The molecule has 1 fully saturated rings. The quantitative estimate of drug-likeness (QED) is 0.675. The Morgan fingerprint density at radius 3 is 2.67 bits per heavy atom. The van der Waals surface area contributed by atoms with Crippen molar-refractivity contribution in [1.29, 1.82) is 0 Å². The number of nitrogen functional groups attached to an aromatic ring is 1. The van der Waals surface area contributed by atoms with Gasteiger partial charge in [-0.05, 0) is 18.4 Å². The molecule has 0 saturated heterocycles. The van der Waals surface area contributed by atoms with Crippen molar-refractivity contribution in [3.05, 3.63) is 47.8 Å². The van der Waals surface area contributed by atoms with E-state index in [1.54, 1.807) is 11.8 Å². The van der Waals surface area contributed by atoms with Gasteiger partial charge < -0.3 is 5.73 Å². The Hall–Kier alpha value is -1.55. The maximum Gasteiger partial charge on any atom is 0.135 e.